The molecule has 2 aromatic rings. The van der Waals surface area contributed by atoms with E-state index in [0.717, 1.165) is 29.6 Å². The standard InChI is InChI=1S/C23H32N2O4S/c1-16(2)15-22(19-9-13-21(29-5)14-10-19)24-23(26)18(4)25(30(6,27)28)20-11-7-17(3)8-12-20/h7-14,16,18,22H,15H2,1-6H3,(H,24,26)/t18-,22-/m0/s1. The molecule has 0 saturated heterocycles. The Morgan fingerprint density at radius 1 is 1.03 bits per heavy atom. The molecule has 0 unspecified atom stereocenters. The number of nitrogens with zero attached hydrogens (tertiary/aromatic N) is 1. The molecule has 0 spiro atoms. The number of hydrogen-bond acceptors (Lipinski definition) is 4. The Hall–Kier alpha value is -2.54. The number of rotatable bonds is 9. The lowest BCUT2D eigenvalue weighted by Gasteiger charge is -2.30. The molecular formula is C23H32N2O4S. The van der Waals surface area contributed by atoms with E-state index in [1.54, 1.807) is 26.2 Å². The third-order valence-electron chi connectivity index (χ3n) is 4.92. The van der Waals surface area contributed by atoms with Crippen LogP contribution in [0.2, 0.25) is 0 Å². The number of carbonyl (C=O) groups excluding carboxylic acids is 1. The highest BCUT2D eigenvalue weighted by molar-refractivity contribution is 7.92. The molecule has 30 heavy (non-hydrogen) atoms. The highest BCUT2D eigenvalue weighted by Crippen LogP contribution is 2.25. The summed E-state index contributed by atoms with van der Waals surface area (Å²) >= 11 is 0. The average molecular weight is 433 g/mol. The largest absolute Gasteiger partial charge is 0.497 e. The molecule has 1 N–H and O–H groups in total. The molecule has 2 atom stereocenters. The fourth-order valence-electron chi connectivity index (χ4n) is 3.38. The number of hydrogen-bond donors (Lipinski definition) is 1. The van der Waals surface area contributed by atoms with Gasteiger partial charge in [0.2, 0.25) is 15.9 Å². The van der Waals surface area contributed by atoms with E-state index in [9.17, 15) is 13.2 Å². The Bertz CT molecular complexity index is 938. The SMILES string of the molecule is COc1ccc([C@H](CC(C)C)NC(=O)[C@H](C)N(c2ccc(C)cc2)S(C)(=O)=O)cc1. The van der Waals surface area contributed by atoms with E-state index in [2.05, 4.69) is 19.2 Å². The van der Waals surface area contributed by atoms with Crippen molar-refractivity contribution < 1.29 is 17.9 Å². The van der Waals surface area contributed by atoms with E-state index < -0.39 is 16.1 Å². The van der Waals surface area contributed by atoms with Crippen LogP contribution in [-0.2, 0) is 14.8 Å². The summed E-state index contributed by atoms with van der Waals surface area (Å²) in [6.45, 7) is 7.70. The predicted molar refractivity (Wildman–Crippen MR) is 121 cm³/mol. The van der Waals surface area contributed by atoms with Gasteiger partial charge in [-0.15, -0.1) is 0 Å². The third-order valence-corrected chi connectivity index (χ3v) is 6.16. The summed E-state index contributed by atoms with van der Waals surface area (Å²) in [5.41, 5.74) is 2.43. The van der Waals surface area contributed by atoms with Gasteiger partial charge in [0.05, 0.1) is 25.1 Å². The summed E-state index contributed by atoms with van der Waals surface area (Å²) in [4.78, 5) is 13.1. The van der Waals surface area contributed by atoms with Gasteiger partial charge < -0.3 is 10.1 Å². The van der Waals surface area contributed by atoms with Crippen molar-refractivity contribution in [2.75, 3.05) is 17.7 Å². The molecule has 2 rings (SSSR count). The lowest BCUT2D eigenvalue weighted by atomic mass is 9.96. The van der Waals surface area contributed by atoms with Crippen LogP contribution in [0.3, 0.4) is 0 Å². The molecule has 6 nitrogen and oxygen atoms in total. The third kappa shape index (κ3) is 6.23. The van der Waals surface area contributed by atoms with E-state index in [-0.39, 0.29) is 11.9 Å². The van der Waals surface area contributed by atoms with Crippen LogP contribution in [-0.4, -0.2) is 33.7 Å². The van der Waals surface area contributed by atoms with Crippen LogP contribution in [0.5, 0.6) is 5.75 Å². The van der Waals surface area contributed by atoms with Gasteiger partial charge in [0.25, 0.3) is 0 Å². The van der Waals surface area contributed by atoms with Crippen LogP contribution in [0, 0.1) is 12.8 Å². The number of anilines is 1. The molecule has 0 heterocycles. The van der Waals surface area contributed by atoms with Gasteiger partial charge in [-0.25, -0.2) is 8.42 Å². The number of ether oxygens (including phenoxy) is 1. The van der Waals surface area contributed by atoms with Gasteiger partial charge in [-0.2, -0.15) is 0 Å². The zero-order chi connectivity index (χ0) is 22.5. The van der Waals surface area contributed by atoms with Crippen molar-refractivity contribution in [3.63, 3.8) is 0 Å². The summed E-state index contributed by atoms with van der Waals surface area (Å²) in [7, 11) is -2.05. The van der Waals surface area contributed by atoms with Crippen molar-refractivity contribution in [1.82, 2.24) is 5.32 Å². The van der Waals surface area contributed by atoms with Crippen LogP contribution in [0.1, 0.15) is 44.4 Å². The van der Waals surface area contributed by atoms with Gasteiger partial charge in [-0.05, 0) is 56.0 Å². The Labute approximate surface area is 180 Å². The molecule has 1 amide bonds. The maximum absolute atomic E-state index is 13.1. The van der Waals surface area contributed by atoms with Gasteiger partial charge in [-0.3, -0.25) is 9.10 Å². The van der Waals surface area contributed by atoms with Crippen LogP contribution >= 0.6 is 0 Å². The molecule has 0 fully saturated rings. The van der Waals surface area contributed by atoms with Crippen LogP contribution in [0.4, 0.5) is 5.69 Å². The van der Waals surface area contributed by atoms with Gasteiger partial charge >= 0.3 is 0 Å². The second kappa shape index (κ2) is 9.98. The van der Waals surface area contributed by atoms with Crippen LogP contribution in [0.15, 0.2) is 48.5 Å². The number of benzene rings is 2. The van der Waals surface area contributed by atoms with Crippen molar-refractivity contribution in [3.8, 4) is 5.75 Å². The maximum atomic E-state index is 13.1. The number of methoxy groups -OCH3 is 1. The van der Waals surface area contributed by atoms with E-state index in [1.165, 1.54) is 4.31 Å². The van der Waals surface area contributed by atoms with E-state index in [1.807, 2.05) is 43.3 Å². The lowest BCUT2D eigenvalue weighted by Crippen LogP contribution is -2.48. The van der Waals surface area contributed by atoms with Crippen molar-refractivity contribution in [3.05, 3.63) is 59.7 Å². The first-order chi connectivity index (χ1) is 14.0. The summed E-state index contributed by atoms with van der Waals surface area (Å²) in [5, 5.41) is 3.05. The summed E-state index contributed by atoms with van der Waals surface area (Å²) in [6.07, 6.45) is 1.85. The fourth-order valence-corrected chi connectivity index (χ4v) is 4.55. The van der Waals surface area contributed by atoms with Gasteiger partial charge in [-0.1, -0.05) is 43.7 Å². The molecule has 0 bridgehead atoms. The smallest absolute Gasteiger partial charge is 0.244 e. The van der Waals surface area contributed by atoms with Gasteiger partial charge in [0.1, 0.15) is 11.8 Å². The molecule has 0 saturated carbocycles. The number of carbonyl (C=O) groups is 1. The summed E-state index contributed by atoms with van der Waals surface area (Å²) in [6, 6.07) is 13.5. The quantitative estimate of drug-likeness (QED) is 0.648. The molecule has 0 aliphatic carbocycles. The maximum Gasteiger partial charge on any atom is 0.244 e. The normalized spacial score (nSPS) is 13.6. The second-order valence-electron chi connectivity index (χ2n) is 8.03. The zero-order valence-electron chi connectivity index (χ0n) is 18.5. The number of amides is 1. The van der Waals surface area contributed by atoms with Crippen LogP contribution in [0.25, 0.3) is 0 Å². The fraction of sp³-hybridized carbons (Fsp3) is 0.435. The first kappa shape index (κ1) is 23.7. The lowest BCUT2D eigenvalue weighted by molar-refractivity contribution is -0.122. The monoisotopic (exact) mass is 432 g/mol. The number of nitrogens with one attached hydrogen (secondary N) is 1. The Kier molecular flexibility index (Phi) is 7.89. The predicted octanol–water partition coefficient (Wildman–Crippen LogP) is 4.06. The molecule has 0 aliphatic heterocycles. The Morgan fingerprint density at radius 2 is 1.60 bits per heavy atom. The van der Waals surface area contributed by atoms with Crippen molar-refractivity contribution in [1.29, 1.82) is 0 Å². The van der Waals surface area contributed by atoms with Crippen molar-refractivity contribution >= 4 is 21.6 Å². The van der Waals surface area contributed by atoms with Crippen LogP contribution < -0.4 is 14.4 Å². The summed E-state index contributed by atoms with van der Waals surface area (Å²) in [5.74, 6) is 0.739. The Morgan fingerprint density at radius 3 is 2.07 bits per heavy atom. The Balaban J connectivity index is 2.30. The van der Waals surface area contributed by atoms with E-state index >= 15 is 0 Å². The topological polar surface area (TPSA) is 75.7 Å². The molecular weight excluding hydrogens is 400 g/mol. The molecule has 7 heteroatoms. The minimum atomic E-state index is -3.65. The second-order valence-corrected chi connectivity index (χ2v) is 9.89. The van der Waals surface area contributed by atoms with Gasteiger partial charge in [0.15, 0.2) is 0 Å². The van der Waals surface area contributed by atoms with E-state index in [4.69, 9.17) is 4.74 Å². The highest BCUT2D eigenvalue weighted by atomic mass is 32.2. The highest BCUT2D eigenvalue weighted by Gasteiger charge is 2.30. The van der Waals surface area contributed by atoms with Gasteiger partial charge in [0, 0.05) is 0 Å². The first-order valence-electron chi connectivity index (χ1n) is 10.0. The zero-order valence-corrected chi connectivity index (χ0v) is 19.4. The molecule has 0 aliphatic rings. The van der Waals surface area contributed by atoms with E-state index in [0.29, 0.717) is 11.6 Å². The van der Waals surface area contributed by atoms with Crippen molar-refractivity contribution in [2.45, 2.75) is 46.2 Å². The molecule has 2 aromatic carbocycles. The molecule has 0 radical (unpaired) electrons. The minimum Gasteiger partial charge on any atom is -0.497 e. The summed E-state index contributed by atoms with van der Waals surface area (Å²) < 4.78 is 31.4. The molecule has 164 valence electrons. The number of aryl methyl sites for hydroxylation is 1. The molecule has 0 aromatic heterocycles. The number of sulfonamides is 1. The average Bonchev–Trinajstić information content (AvgIpc) is 2.67. The minimum absolute atomic E-state index is 0.231. The van der Waals surface area contributed by atoms with Crippen molar-refractivity contribution in [2.24, 2.45) is 5.92 Å². The first-order valence-corrected chi connectivity index (χ1v) is 11.9.